The fourth-order valence-corrected chi connectivity index (χ4v) is 2.82. The van der Waals surface area contributed by atoms with E-state index in [2.05, 4.69) is 40.6 Å². The number of aromatic hydroxyl groups is 1. The highest BCUT2D eigenvalue weighted by Gasteiger charge is 2.01. The highest BCUT2D eigenvalue weighted by molar-refractivity contribution is 5.79. The number of nitrogens with one attached hydrogen (secondary N) is 2. The fourth-order valence-electron chi connectivity index (χ4n) is 2.82. The third-order valence-electron chi connectivity index (χ3n) is 4.12. The largest absolute Gasteiger partial charge is 0.508 e. The monoisotopic (exact) mass is 357 g/mol. The van der Waals surface area contributed by atoms with Crippen LogP contribution in [0.5, 0.6) is 5.75 Å². The minimum atomic E-state index is 0.314. The van der Waals surface area contributed by atoms with E-state index in [1.807, 2.05) is 23.7 Å². The van der Waals surface area contributed by atoms with Gasteiger partial charge in [-0.2, -0.15) is 5.10 Å². The lowest BCUT2D eigenvalue weighted by Crippen LogP contribution is -2.38. The Morgan fingerprint density at radius 3 is 2.58 bits per heavy atom. The van der Waals surface area contributed by atoms with Gasteiger partial charge in [-0.05, 0) is 63.8 Å². The third kappa shape index (κ3) is 6.78. The van der Waals surface area contributed by atoms with Gasteiger partial charge in [0.2, 0.25) is 0 Å². The smallest absolute Gasteiger partial charge is 0.191 e. The molecule has 0 saturated carbocycles. The number of aryl methyl sites for hydroxylation is 4. The van der Waals surface area contributed by atoms with Crippen molar-refractivity contribution >= 4 is 5.96 Å². The van der Waals surface area contributed by atoms with Crippen molar-refractivity contribution in [3.8, 4) is 5.75 Å². The Kier molecular flexibility index (Phi) is 7.99. The number of aromatic nitrogens is 2. The molecule has 2 rings (SSSR count). The zero-order valence-corrected chi connectivity index (χ0v) is 16.1. The summed E-state index contributed by atoms with van der Waals surface area (Å²) in [6, 6.07) is 9.50. The molecule has 0 saturated heterocycles. The van der Waals surface area contributed by atoms with Crippen LogP contribution >= 0.6 is 0 Å². The topological polar surface area (TPSA) is 74.5 Å². The zero-order valence-electron chi connectivity index (χ0n) is 16.1. The van der Waals surface area contributed by atoms with Crippen LogP contribution in [0.2, 0.25) is 0 Å². The van der Waals surface area contributed by atoms with E-state index in [9.17, 15) is 5.11 Å². The van der Waals surface area contributed by atoms with Crippen LogP contribution in [0.3, 0.4) is 0 Å². The van der Waals surface area contributed by atoms with E-state index in [-0.39, 0.29) is 0 Å². The van der Waals surface area contributed by atoms with Gasteiger partial charge >= 0.3 is 0 Å². The molecule has 0 fully saturated rings. The second kappa shape index (κ2) is 10.5. The zero-order chi connectivity index (χ0) is 18.8. The van der Waals surface area contributed by atoms with Crippen LogP contribution in [0.1, 0.15) is 36.7 Å². The van der Waals surface area contributed by atoms with Crippen molar-refractivity contribution in [1.29, 1.82) is 0 Å². The summed E-state index contributed by atoms with van der Waals surface area (Å²) in [5.74, 6) is 1.18. The Balaban J connectivity index is 1.70. The van der Waals surface area contributed by atoms with E-state index in [4.69, 9.17) is 0 Å². The molecule has 6 nitrogen and oxygen atoms in total. The van der Waals surface area contributed by atoms with Crippen LogP contribution in [0.25, 0.3) is 0 Å². The molecule has 0 amide bonds. The van der Waals surface area contributed by atoms with Crippen molar-refractivity contribution in [2.75, 3.05) is 19.6 Å². The van der Waals surface area contributed by atoms with Gasteiger partial charge in [0.25, 0.3) is 0 Å². The molecule has 0 bridgehead atoms. The normalized spacial score (nSPS) is 11.6. The van der Waals surface area contributed by atoms with Crippen molar-refractivity contribution in [1.82, 2.24) is 20.4 Å². The van der Waals surface area contributed by atoms with E-state index in [0.29, 0.717) is 5.75 Å². The molecule has 0 aliphatic heterocycles. The third-order valence-corrected chi connectivity index (χ3v) is 4.12. The van der Waals surface area contributed by atoms with Gasteiger partial charge in [0.15, 0.2) is 5.96 Å². The minimum Gasteiger partial charge on any atom is -0.508 e. The minimum absolute atomic E-state index is 0.314. The first kappa shape index (κ1) is 19.8. The van der Waals surface area contributed by atoms with Crippen LogP contribution in [-0.4, -0.2) is 40.5 Å². The number of nitrogens with zero attached hydrogens (tertiary/aromatic N) is 3. The SMILES string of the molecule is CCNC(=NCCCn1nc(C)cc1C)NCCCc1ccc(O)cc1. The summed E-state index contributed by atoms with van der Waals surface area (Å²) in [5, 5.41) is 20.5. The van der Waals surface area contributed by atoms with Gasteiger partial charge in [0.1, 0.15) is 5.75 Å². The van der Waals surface area contributed by atoms with Gasteiger partial charge in [-0.3, -0.25) is 9.67 Å². The van der Waals surface area contributed by atoms with Crippen LogP contribution in [-0.2, 0) is 13.0 Å². The lowest BCUT2D eigenvalue weighted by atomic mass is 10.1. The summed E-state index contributed by atoms with van der Waals surface area (Å²) in [4.78, 5) is 4.64. The van der Waals surface area contributed by atoms with Crippen LogP contribution in [0, 0.1) is 13.8 Å². The molecule has 0 unspecified atom stereocenters. The molecule has 1 aromatic carbocycles. The number of guanidine groups is 1. The Bertz CT molecular complexity index is 691. The summed E-state index contributed by atoms with van der Waals surface area (Å²) in [7, 11) is 0. The van der Waals surface area contributed by atoms with Gasteiger partial charge < -0.3 is 15.7 Å². The van der Waals surface area contributed by atoms with Crippen LogP contribution < -0.4 is 10.6 Å². The maximum Gasteiger partial charge on any atom is 0.191 e. The molecule has 0 spiro atoms. The summed E-state index contributed by atoms with van der Waals surface area (Å²) >= 11 is 0. The molecule has 3 N–H and O–H groups in total. The van der Waals surface area contributed by atoms with Crippen molar-refractivity contribution in [3.63, 3.8) is 0 Å². The summed E-state index contributed by atoms with van der Waals surface area (Å²) in [5.41, 5.74) is 3.50. The molecule has 142 valence electrons. The van der Waals surface area contributed by atoms with E-state index >= 15 is 0 Å². The molecule has 0 aliphatic rings. The average Bonchev–Trinajstić information content (AvgIpc) is 2.94. The second-order valence-electron chi connectivity index (χ2n) is 6.46. The van der Waals surface area contributed by atoms with E-state index in [1.165, 1.54) is 11.3 Å². The Morgan fingerprint density at radius 1 is 1.15 bits per heavy atom. The van der Waals surface area contributed by atoms with Crippen LogP contribution in [0.4, 0.5) is 0 Å². The predicted molar refractivity (Wildman–Crippen MR) is 107 cm³/mol. The van der Waals surface area contributed by atoms with E-state index in [0.717, 1.165) is 57.1 Å². The van der Waals surface area contributed by atoms with Gasteiger partial charge in [0, 0.05) is 31.9 Å². The molecular weight excluding hydrogens is 326 g/mol. The maximum absolute atomic E-state index is 9.31. The molecule has 0 atom stereocenters. The molecule has 1 heterocycles. The summed E-state index contributed by atoms with van der Waals surface area (Å²) < 4.78 is 2.04. The highest BCUT2D eigenvalue weighted by atomic mass is 16.3. The number of aliphatic imine (C=N–C) groups is 1. The van der Waals surface area contributed by atoms with Gasteiger partial charge in [-0.1, -0.05) is 12.1 Å². The number of rotatable bonds is 9. The van der Waals surface area contributed by atoms with Gasteiger partial charge in [-0.15, -0.1) is 0 Å². The first-order valence-electron chi connectivity index (χ1n) is 9.39. The first-order valence-corrected chi connectivity index (χ1v) is 9.39. The Morgan fingerprint density at radius 2 is 1.92 bits per heavy atom. The van der Waals surface area contributed by atoms with Crippen LogP contribution in [0.15, 0.2) is 35.3 Å². The molecule has 6 heteroatoms. The number of hydrogen-bond donors (Lipinski definition) is 3. The molecule has 1 aromatic heterocycles. The van der Waals surface area contributed by atoms with Crippen molar-refractivity contribution in [2.24, 2.45) is 4.99 Å². The molecule has 0 aliphatic carbocycles. The fraction of sp³-hybridized carbons (Fsp3) is 0.500. The lowest BCUT2D eigenvalue weighted by Gasteiger charge is -2.11. The molecular formula is C20H31N5O. The van der Waals surface area contributed by atoms with Crippen molar-refractivity contribution < 1.29 is 5.11 Å². The molecule has 0 radical (unpaired) electrons. The van der Waals surface area contributed by atoms with E-state index < -0.39 is 0 Å². The lowest BCUT2D eigenvalue weighted by molar-refractivity contribution is 0.475. The van der Waals surface area contributed by atoms with Gasteiger partial charge in [0.05, 0.1) is 5.69 Å². The average molecular weight is 358 g/mol. The quantitative estimate of drug-likeness (QED) is 0.366. The van der Waals surface area contributed by atoms with Gasteiger partial charge in [-0.25, -0.2) is 0 Å². The molecule has 26 heavy (non-hydrogen) atoms. The van der Waals surface area contributed by atoms with E-state index in [1.54, 1.807) is 12.1 Å². The van der Waals surface area contributed by atoms with Crippen molar-refractivity contribution in [2.45, 2.75) is 46.6 Å². The predicted octanol–water partition coefficient (Wildman–Crippen LogP) is 2.78. The summed E-state index contributed by atoms with van der Waals surface area (Å²) in [6.07, 6.45) is 2.96. The first-order chi connectivity index (χ1) is 12.6. The number of phenolic OH excluding ortho intramolecular Hbond substituents is 1. The summed E-state index contributed by atoms with van der Waals surface area (Å²) in [6.45, 7) is 9.56. The Hall–Kier alpha value is -2.50. The number of hydrogen-bond acceptors (Lipinski definition) is 3. The molecule has 2 aromatic rings. The Labute approximate surface area is 156 Å². The van der Waals surface area contributed by atoms with Crippen molar-refractivity contribution in [3.05, 3.63) is 47.3 Å². The second-order valence-corrected chi connectivity index (χ2v) is 6.46. The maximum atomic E-state index is 9.31. The number of benzene rings is 1. The standard InChI is InChI=1S/C20H31N5O/c1-4-21-20(22-12-5-7-18-8-10-19(26)11-9-18)23-13-6-14-25-17(3)15-16(2)24-25/h8-11,15,26H,4-7,12-14H2,1-3H3,(H2,21,22,23). The highest BCUT2D eigenvalue weighted by Crippen LogP contribution is 2.10. The number of phenols is 1.